The number of aromatic nitrogens is 2. The van der Waals surface area contributed by atoms with Crippen LogP contribution in [0, 0.1) is 5.92 Å². The van der Waals surface area contributed by atoms with Crippen molar-refractivity contribution in [2.75, 3.05) is 20.2 Å². The zero-order valence-corrected chi connectivity index (χ0v) is 15.6. The number of H-pyrrole nitrogens is 1. The Labute approximate surface area is 158 Å². The smallest absolute Gasteiger partial charge is 0.329 e. The largest absolute Gasteiger partial charge is 0.497 e. The maximum absolute atomic E-state index is 15.1. The molecule has 2 aliphatic carbocycles. The lowest BCUT2D eigenvalue weighted by Gasteiger charge is -2.32. The summed E-state index contributed by atoms with van der Waals surface area (Å²) in [6.45, 7) is 0.725. The maximum Gasteiger partial charge on any atom is 0.329 e. The molecule has 0 aromatic carbocycles. The Balaban J connectivity index is 1.91. The minimum Gasteiger partial charge on any atom is -0.497 e. The topological polar surface area (TPSA) is 93.3 Å². The van der Waals surface area contributed by atoms with Gasteiger partial charge in [0.25, 0.3) is 11.5 Å². The van der Waals surface area contributed by atoms with E-state index < -0.39 is 47.9 Å². The predicted octanol–water partition coefficient (Wildman–Crippen LogP) is -0.959. The third-order valence-corrected chi connectivity index (χ3v) is 5.86. The molecule has 1 saturated heterocycles. The molecule has 3 N–H and O–H groups in total. The van der Waals surface area contributed by atoms with Gasteiger partial charge in [0.15, 0.2) is 0 Å². The predicted molar refractivity (Wildman–Crippen MR) is 96.1 cm³/mol. The van der Waals surface area contributed by atoms with Gasteiger partial charge in [-0.15, -0.1) is 0 Å². The van der Waals surface area contributed by atoms with Gasteiger partial charge in [0, 0.05) is 18.6 Å². The van der Waals surface area contributed by atoms with Crippen molar-refractivity contribution in [3.8, 4) is 0 Å². The van der Waals surface area contributed by atoms with Crippen LogP contribution in [-0.4, -0.2) is 58.8 Å². The summed E-state index contributed by atoms with van der Waals surface area (Å²) >= 11 is 0. The van der Waals surface area contributed by atoms with Gasteiger partial charge >= 0.3 is 5.69 Å². The van der Waals surface area contributed by atoms with Gasteiger partial charge in [0.05, 0.1) is 30.1 Å². The molecule has 0 spiro atoms. The summed E-state index contributed by atoms with van der Waals surface area (Å²) < 4.78 is 50.8. The minimum absolute atomic E-state index is 0.00167. The quantitative estimate of drug-likeness (QED) is 0.679. The molecule has 1 aromatic heterocycles. The van der Waals surface area contributed by atoms with Crippen LogP contribution in [0.4, 0.5) is 13.2 Å². The lowest BCUT2D eigenvalue weighted by Crippen LogP contribution is -2.60. The zero-order valence-electron chi connectivity index (χ0n) is 15.6. The number of halogens is 3. The van der Waals surface area contributed by atoms with E-state index in [0.29, 0.717) is 0 Å². The standard InChI is InChI=1S/C18H23F3N4O3/c1-8(22)11-6-24(7-18(11,20)21)14-12(19)5-10-13(15(14)28-2)25(9-3-4-9)17(27)23-16(10)26/h5,8-9,11-12,14H,3-4,6-7,22H2,1-2H3,(H,23,26,27). The molecular weight excluding hydrogens is 377 g/mol. The molecule has 28 heavy (non-hydrogen) atoms. The summed E-state index contributed by atoms with van der Waals surface area (Å²) in [7, 11) is 1.30. The number of rotatable bonds is 4. The van der Waals surface area contributed by atoms with Crippen molar-refractivity contribution in [2.24, 2.45) is 11.7 Å². The maximum atomic E-state index is 15.1. The minimum atomic E-state index is -3.07. The van der Waals surface area contributed by atoms with Crippen molar-refractivity contribution in [1.29, 1.82) is 0 Å². The summed E-state index contributed by atoms with van der Waals surface area (Å²) in [5.74, 6) is -4.16. The second kappa shape index (κ2) is 6.48. The molecule has 0 radical (unpaired) electrons. The SMILES string of the molecule is COC1=c2c(c(=O)[nH]c(=O)n2C2CC2)=CC(F)C1N1CC(C(C)N)C(F)(F)C1. The Bertz CT molecular complexity index is 1030. The van der Waals surface area contributed by atoms with Crippen LogP contribution in [0.15, 0.2) is 9.59 Å². The van der Waals surface area contributed by atoms with Gasteiger partial charge in [-0.25, -0.2) is 18.0 Å². The van der Waals surface area contributed by atoms with Crippen LogP contribution in [0.1, 0.15) is 25.8 Å². The van der Waals surface area contributed by atoms with Crippen LogP contribution in [0.3, 0.4) is 0 Å². The molecule has 1 aliphatic heterocycles. The van der Waals surface area contributed by atoms with Crippen LogP contribution in [0.5, 0.6) is 0 Å². The van der Waals surface area contributed by atoms with E-state index in [1.165, 1.54) is 23.5 Å². The number of fused-ring (bicyclic) bond motifs is 1. The summed E-state index contributed by atoms with van der Waals surface area (Å²) in [5, 5.41) is 0.187. The second-order valence-corrected chi connectivity index (χ2v) is 7.90. The molecule has 7 nitrogen and oxygen atoms in total. The molecule has 2 heterocycles. The average Bonchev–Trinajstić information content (AvgIpc) is 3.37. The number of hydrogen-bond acceptors (Lipinski definition) is 5. The van der Waals surface area contributed by atoms with E-state index in [2.05, 4.69) is 4.98 Å². The summed E-state index contributed by atoms with van der Waals surface area (Å²) in [6, 6.07) is -2.04. The zero-order chi connectivity index (χ0) is 20.4. The van der Waals surface area contributed by atoms with Gasteiger partial charge in [0.2, 0.25) is 0 Å². The van der Waals surface area contributed by atoms with Gasteiger partial charge in [-0.05, 0) is 25.8 Å². The van der Waals surface area contributed by atoms with Crippen LogP contribution in [-0.2, 0) is 4.74 Å². The van der Waals surface area contributed by atoms with Gasteiger partial charge in [0.1, 0.15) is 18.0 Å². The fraction of sp³-hybridized carbons (Fsp3) is 0.667. The van der Waals surface area contributed by atoms with Crippen molar-refractivity contribution in [1.82, 2.24) is 14.5 Å². The molecule has 0 bridgehead atoms. The number of alkyl halides is 3. The van der Waals surface area contributed by atoms with E-state index in [4.69, 9.17) is 10.5 Å². The number of methoxy groups -OCH3 is 1. The molecule has 0 amide bonds. The Morgan fingerprint density at radius 2 is 2.04 bits per heavy atom. The van der Waals surface area contributed by atoms with E-state index in [1.54, 1.807) is 0 Å². The first-order valence-electron chi connectivity index (χ1n) is 9.32. The molecule has 1 aromatic rings. The summed E-state index contributed by atoms with van der Waals surface area (Å²) in [4.78, 5) is 28.2. The fourth-order valence-corrected chi connectivity index (χ4v) is 4.37. The number of hydrogen-bond donors (Lipinski definition) is 2. The molecule has 3 aliphatic rings. The average molecular weight is 400 g/mol. The monoisotopic (exact) mass is 400 g/mol. The van der Waals surface area contributed by atoms with Crippen molar-refractivity contribution in [3.05, 3.63) is 31.4 Å². The normalized spacial score (nSPS) is 30.6. The van der Waals surface area contributed by atoms with E-state index in [-0.39, 0.29) is 28.9 Å². The second-order valence-electron chi connectivity index (χ2n) is 7.90. The van der Waals surface area contributed by atoms with Crippen molar-refractivity contribution in [2.45, 2.75) is 50.0 Å². The number of nitrogens with two attached hydrogens (primary N) is 1. The molecule has 154 valence electrons. The highest BCUT2D eigenvalue weighted by atomic mass is 19.3. The number of nitrogens with zero attached hydrogens (tertiary/aromatic N) is 2. The molecule has 10 heteroatoms. The van der Waals surface area contributed by atoms with E-state index in [9.17, 15) is 18.4 Å². The number of nitrogens with one attached hydrogen (secondary N) is 1. The first-order valence-corrected chi connectivity index (χ1v) is 9.32. The van der Waals surface area contributed by atoms with Gasteiger partial charge < -0.3 is 10.5 Å². The molecule has 4 rings (SSSR count). The molecule has 1 saturated carbocycles. The Hall–Kier alpha value is -2.07. The highest BCUT2D eigenvalue weighted by Crippen LogP contribution is 2.38. The highest BCUT2D eigenvalue weighted by molar-refractivity contribution is 5.53. The first-order chi connectivity index (χ1) is 13.2. The first kappa shape index (κ1) is 19.3. The Kier molecular flexibility index (Phi) is 4.46. The van der Waals surface area contributed by atoms with E-state index in [1.807, 2.05) is 0 Å². The van der Waals surface area contributed by atoms with E-state index in [0.717, 1.165) is 18.9 Å². The van der Waals surface area contributed by atoms with Crippen molar-refractivity contribution < 1.29 is 17.9 Å². The molecule has 4 atom stereocenters. The third-order valence-electron chi connectivity index (χ3n) is 5.86. The van der Waals surface area contributed by atoms with E-state index >= 15 is 4.39 Å². The third kappa shape index (κ3) is 2.89. The lowest BCUT2D eigenvalue weighted by molar-refractivity contribution is -0.0347. The Morgan fingerprint density at radius 3 is 2.57 bits per heavy atom. The summed E-state index contributed by atoms with van der Waals surface area (Å²) in [6.07, 6.45) is 0.842. The van der Waals surface area contributed by atoms with Crippen LogP contribution < -0.4 is 27.6 Å². The van der Waals surface area contributed by atoms with Crippen LogP contribution >= 0.6 is 0 Å². The molecular formula is C18H23F3N4O3. The Morgan fingerprint density at radius 1 is 1.36 bits per heavy atom. The molecule has 2 fully saturated rings. The lowest BCUT2D eigenvalue weighted by atomic mass is 9.98. The summed E-state index contributed by atoms with van der Waals surface area (Å²) in [5.41, 5.74) is 4.40. The van der Waals surface area contributed by atoms with Gasteiger partial charge in [-0.1, -0.05) is 0 Å². The number of ether oxygens (including phenoxy) is 1. The van der Waals surface area contributed by atoms with Crippen molar-refractivity contribution >= 4 is 11.8 Å². The highest BCUT2D eigenvalue weighted by Gasteiger charge is 2.53. The number of aromatic amines is 1. The molecule has 4 unspecified atom stereocenters. The van der Waals surface area contributed by atoms with Crippen molar-refractivity contribution in [3.63, 3.8) is 0 Å². The number of likely N-dealkylation sites (tertiary alicyclic amines) is 1. The van der Waals surface area contributed by atoms with Gasteiger partial charge in [-0.2, -0.15) is 0 Å². The van der Waals surface area contributed by atoms with Crippen LogP contribution in [0.2, 0.25) is 0 Å². The van der Waals surface area contributed by atoms with Gasteiger partial charge in [-0.3, -0.25) is 19.2 Å². The fourth-order valence-electron chi connectivity index (χ4n) is 4.37. The van der Waals surface area contributed by atoms with Crippen LogP contribution in [0.25, 0.3) is 11.8 Å².